The van der Waals surface area contributed by atoms with E-state index in [0.717, 1.165) is 16.7 Å². The number of aromatic nitrogens is 3. The Labute approximate surface area is 191 Å². The highest BCUT2D eigenvalue weighted by atomic mass is 19.1. The fraction of sp³-hybridized carbons (Fsp3) is 0.115. The van der Waals surface area contributed by atoms with E-state index in [1.807, 2.05) is 43.3 Å². The van der Waals surface area contributed by atoms with Gasteiger partial charge in [0.2, 0.25) is 0 Å². The van der Waals surface area contributed by atoms with Gasteiger partial charge in [-0.05, 0) is 36.2 Å². The van der Waals surface area contributed by atoms with Gasteiger partial charge in [0.05, 0.1) is 24.5 Å². The maximum atomic E-state index is 15.1. The molecule has 0 aliphatic rings. The highest BCUT2D eigenvalue weighted by Crippen LogP contribution is 2.29. The van der Waals surface area contributed by atoms with Crippen LogP contribution in [0.4, 0.5) is 10.2 Å². The van der Waals surface area contributed by atoms with Gasteiger partial charge >= 0.3 is 0 Å². The lowest BCUT2D eigenvalue weighted by Gasteiger charge is -2.20. The zero-order chi connectivity index (χ0) is 23.4. The second kappa shape index (κ2) is 9.58. The second-order valence-corrected chi connectivity index (χ2v) is 7.64. The van der Waals surface area contributed by atoms with Crippen LogP contribution in [0, 0.1) is 12.7 Å². The van der Waals surface area contributed by atoms with Gasteiger partial charge in [-0.3, -0.25) is 4.98 Å². The van der Waals surface area contributed by atoms with Crippen molar-refractivity contribution < 1.29 is 9.50 Å². The van der Waals surface area contributed by atoms with Gasteiger partial charge in [0, 0.05) is 34.8 Å². The van der Waals surface area contributed by atoms with Crippen molar-refractivity contribution in [1.82, 2.24) is 20.3 Å². The van der Waals surface area contributed by atoms with Crippen LogP contribution in [0.25, 0.3) is 28.2 Å². The van der Waals surface area contributed by atoms with Gasteiger partial charge in [-0.25, -0.2) is 14.4 Å². The highest BCUT2D eigenvalue weighted by molar-refractivity contribution is 5.75. The van der Waals surface area contributed by atoms with Crippen LogP contribution in [0.15, 0.2) is 79.8 Å². The maximum Gasteiger partial charge on any atom is 0.150 e. The zero-order valence-corrected chi connectivity index (χ0v) is 18.2. The van der Waals surface area contributed by atoms with E-state index in [1.54, 1.807) is 30.7 Å². The Bertz CT molecular complexity index is 1290. The maximum absolute atomic E-state index is 15.1. The Balaban J connectivity index is 1.62. The molecule has 33 heavy (non-hydrogen) atoms. The molecule has 1 atom stereocenters. The molecule has 4 rings (SSSR count). The predicted octanol–water partition coefficient (Wildman–Crippen LogP) is 4.53. The number of hydrogen-bond donors (Lipinski definition) is 3. The molecule has 0 saturated heterocycles. The number of nitrogens with two attached hydrogens (primary N) is 1. The van der Waals surface area contributed by atoms with E-state index in [-0.39, 0.29) is 12.4 Å². The Morgan fingerprint density at radius 2 is 1.94 bits per heavy atom. The van der Waals surface area contributed by atoms with Gasteiger partial charge in [0.25, 0.3) is 0 Å². The van der Waals surface area contributed by atoms with Crippen LogP contribution in [0.2, 0.25) is 0 Å². The molecule has 0 aliphatic carbocycles. The Hall–Kier alpha value is -4.10. The summed E-state index contributed by atoms with van der Waals surface area (Å²) in [6.45, 7) is 5.74. The minimum Gasteiger partial charge on any atom is -0.394 e. The molecule has 2 aromatic carbocycles. The Morgan fingerprint density at radius 3 is 2.64 bits per heavy atom. The fourth-order valence-corrected chi connectivity index (χ4v) is 3.62. The first-order valence-corrected chi connectivity index (χ1v) is 10.4. The van der Waals surface area contributed by atoms with E-state index in [0.29, 0.717) is 28.2 Å². The first-order chi connectivity index (χ1) is 16.0. The SMILES string of the molecule is C=C(N[C@H](CO)c1ccccc1)c1ccc(-c2nc(-c3ccncc3C)cnc2N)cc1F. The van der Waals surface area contributed by atoms with Gasteiger partial charge in [-0.1, -0.05) is 43.0 Å². The minimum absolute atomic E-state index is 0.157. The Kier molecular flexibility index (Phi) is 6.42. The third kappa shape index (κ3) is 4.73. The van der Waals surface area contributed by atoms with Crippen molar-refractivity contribution in [3.05, 3.63) is 102 Å². The lowest BCUT2D eigenvalue weighted by atomic mass is 10.0. The van der Waals surface area contributed by atoms with Crippen molar-refractivity contribution in [2.75, 3.05) is 12.3 Å². The summed E-state index contributed by atoms with van der Waals surface area (Å²) in [5.74, 6) is -0.277. The van der Waals surface area contributed by atoms with E-state index in [4.69, 9.17) is 5.73 Å². The van der Waals surface area contributed by atoms with Crippen molar-refractivity contribution in [1.29, 1.82) is 0 Å². The molecule has 0 spiro atoms. The standard InChI is InChI=1S/C26H24FN5O/c1-16-13-29-11-10-20(16)23-14-30-26(28)25(32-23)19-8-9-21(22(27)12-19)17(2)31-24(15-33)18-6-4-3-5-7-18/h3-14,24,31,33H,2,15H2,1H3,(H2,28,30)/t24-/m1/s1. The fourth-order valence-electron chi connectivity index (χ4n) is 3.62. The summed E-state index contributed by atoms with van der Waals surface area (Å²) >= 11 is 0. The molecule has 4 N–H and O–H groups in total. The number of nitrogens with zero attached hydrogens (tertiary/aromatic N) is 3. The van der Waals surface area contributed by atoms with Crippen molar-refractivity contribution in [3.8, 4) is 22.5 Å². The minimum atomic E-state index is -0.485. The van der Waals surface area contributed by atoms with Crippen molar-refractivity contribution in [3.63, 3.8) is 0 Å². The zero-order valence-electron chi connectivity index (χ0n) is 18.2. The summed E-state index contributed by atoms with van der Waals surface area (Å²) in [5, 5.41) is 12.9. The summed E-state index contributed by atoms with van der Waals surface area (Å²) in [4.78, 5) is 13.0. The number of nitrogen functional groups attached to an aromatic ring is 1. The molecule has 0 radical (unpaired) electrons. The van der Waals surface area contributed by atoms with Crippen LogP contribution in [0.3, 0.4) is 0 Å². The molecule has 0 fully saturated rings. The molecule has 0 amide bonds. The summed E-state index contributed by atoms with van der Waals surface area (Å²) in [7, 11) is 0. The van der Waals surface area contributed by atoms with Crippen molar-refractivity contribution in [2.45, 2.75) is 13.0 Å². The van der Waals surface area contributed by atoms with Crippen molar-refractivity contribution >= 4 is 11.5 Å². The molecule has 0 saturated carbocycles. The van der Waals surface area contributed by atoms with Crippen LogP contribution >= 0.6 is 0 Å². The molecule has 7 heteroatoms. The molecule has 0 bridgehead atoms. The average molecular weight is 442 g/mol. The van der Waals surface area contributed by atoms with Gasteiger partial charge in [-0.2, -0.15) is 0 Å². The lowest BCUT2D eigenvalue weighted by molar-refractivity contribution is 0.256. The Morgan fingerprint density at radius 1 is 1.15 bits per heavy atom. The highest BCUT2D eigenvalue weighted by Gasteiger charge is 2.16. The van der Waals surface area contributed by atoms with Gasteiger partial charge in [-0.15, -0.1) is 0 Å². The van der Waals surface area contributed by atoms with Crippen LogP contribution in [0.1, 0.15) is 22.7 Å². The largest absolute Gasteiger partial charge is 0.394 e. The second-order valence-electron chi connectivity index (χ2n) is 7.64. The summed E-state index contributed by atoms with van der Waals surface area (Å²) < 4.78 is 15.1. The summed E-state index contributed by atoms with van der Waals surface area (Å²) in [6, 6.07) is 15.6. The van der Waals surface area contributed by atoms with Gasteiger partial charge in [0.15, 0.2) is 0 Å². The number of pyridine rings is 1. The smallest absolute Gasteiger partial charge is 0.150 e. The number of rotatable bonds is 7. The molecule has 0 aliphatic heterocycles. The quantitative estimate of drug-likeness (QED) is 0.390. The van der Waals surface area contributed by atoms with Crippen LogP contribution in [-0.2, 0) is 0 Å². The van der Waals surface area contributed by atoms with Crippen LogP contribution < -0.4 is 11.1 Å². The molecule has 6 nitrogen and oxygen atoms in total. The number of aliphatic hydroxyl groups excluding tert-OH is 1. The van der Waals surface area contributed by atoms with E-state index in [1.165, 1.54) is 6.07 Å². The number of nitrogens with one attached hydrogen (secondary N) is 1. The van der Waals surface area contributed by atoms with Crippen LogP contribution in [-0.4, -0.2) is 26.7 Å². The molecule has 2 heterocycles. The number of aryl methyl sites for hydroxylation is 1. The number of anilines is 1. The molecular weight excluding hydrogens is 417 g/mol. The van der Waals surface area contributed by atoms with E-state index < -0.39 is 11.9 Å². The molecule has 166 valence electrons. The number of halogens is 1. The first-order valence-electron chi connectivity index (χ1n) is 10.4. The summed E-state index contributed by atoms with van der Waals surface area (Å²) in [6.07, 6.45) is 5.02. The number of benzene rings is 2. The predicted molar refractivity (Wildman–Crippen MR) is 128 cm³/mol. The number of aliphatic hydroxyl groups is 1. The molecule has 2 aromatic heterocycles. The van der Waals surface area contributed by atoms with E-state index in [9.17, 15) is 5.11 Å². The first kappa shape index (κ1) is 22.1. The molecule has 4 aromatic rings. The topological polar surface area (TPSA) is 97.0 Å². The van der Waals surface area contributed by atoms with Gasteiger partial charge < -0.3 is 16.2 Å². The third-order valence-electron chi connectivity index (χ3n) is 5.40. The average Bonchev–Trinajstić information content (AvgIpc) is 2.83. The molecular formula is C26H24FN5O. The monoisotopic (exact) mass is 441 g/mol. The van der Waals surface area contributed by atoms with E-state index >= 15 is 4.39 Å². The van der Waals surface area contributed by atoms with Gasteiger partial charge in [0.1, 0.15) is 17.3 Å². The molecule has 0 unspecified atom stereocenters. The van der Waals surface area contributed by atoms with Crippen LogP contribution in [0.5, 0.6) is 0 Å². The number of hydrogen-bond acceptors (Lipinski definition) is 6. The third-order valence-corrected chi connectivity index (χ3v) is 5.40. The lowest BCUT2D eigenvalue weighted by Crippen LogP contribution is -2.23. The van der Waals surface area contributed by atoms with Crippen molar-refractivity contribution in [2.24, 2.45) is 0 Å². The van der Waals surface area contributed by atoms with E-state index in [2.05, 4.69) is 26.8 Å². The summed E-state index contributed by atoms with van der Waals surface area (Å²) in [5.41, 5.74) is 11.0. The normalized spacial score (nSPS) is 11.7.